The fraction of sp³-hybridized carbons (Fsp3) is 0.300. The molecular formula is C10H13NO2S. The van der Waals surface area contributed by atoms with Crippen molar-refractivity contribution in [2.45, 2.75) is 6.42 Å². The lowest BCUT2D eigenvalue weighted by Crippen LogP contribution is -2.14. The zero-order valence-electron chi connectivity index (χ0n) is 8.03. The van der Waals surface area contributed by atoms with E-state index in [1.807, 2.05) is 30.3 Å². The maximum Gasteiger partial charge on any atom is 0.225 e. The topological polar surface area (TPSA) is 46.2 Å². The summed E-state index contributed by atoms with van der Waals surface area (Å²) < 4.78 is 10.7. The van der Waals surface area contributed by atoms with Crippen LogP contribution in [0.5, 0.6) is 0 Å². The highest BCUT2D eigenvalue weighted by molar-refractivity contribution is 7.84. The lowest BCUT2D eigenvalue weighted by atomic mass is 10.3. The second-order valence-corrected chi connectivity index (χ2v) is 4.50. The SMILES string of the molecule is CS(=O)CCC(=O)Nc1ccccc1. The van der Waals surface area contributed by atoms with E-state index in [4.69, 9.17) is 0 Å². The molecule has 0 saturated heterocycles. The largest absolute Gasteiger partial charge is 0.326 e. The van der Waals surface area contributed by atoms with Gasteiger partial charge in [-0.3, -0.25) is 9.00 Å². The van der Waals surface area contributed by atoms with Crippen LogP contribution in [0.2, 0.25) is 0 Å². The number of amides is 1. The molecule has 1 aromatic rings. The highest BCUT2D eigenvalue weighted by Gasteiger charge is 2.02. The van der Waals surface area contributed by atoms with Gasteiger partial charge < -0.3 is 5.32 Å². The summed E-state index contributed by atoms with van der Waals surface area (Å²) in [5.41, 5.74) is 0.777. The van der Waals surface area contributed by atoms with Crippen LogP contribution in [0.25, 0.3) is 0 Å². The van der Waals surface area contributed by atoms with Crippen molar-refractivity contribution in [3.63, 3.8) is 0 Å². The average molecular weight is 211 g/mol. The molecule has 0 spiro atoms. The van der Waals surface area contributed by atoms with Gasteiger partial charge in [-0.05, 0) is 12.1 Å². The van der Waals surface area contributed by atoms with E-state index in [1.54, 1.807) is 6.26 Å². The van der Waals surface area contributed by atoms with E-state index in [0.29, 0.717) is 12.2 Å². The molecule has 14 heavy (non-hydrogen) atoms. The highest BCUT2D eigenvalue weighted by Crippen LogP contribution is 2.05. The molecule has 1 amide bonds. The van der Waals surface area contributed by atoms with Gasteiger partial charge in [-0.25, -0.2) is 0 Å². The summed E-state index contributed by atoms with van der Waals surface area (Å²) in [6, 6.07) is 9.24. The zero-order chi connectivity index (χ0) is 10.4. The highest BCUT2D eigenvalue weighted by atomic mass is 32.2. The Balaban J connectivity index is 2.38. The Morgan fingerprint density at radius 1 is 1.36 bits per heavy atom. The van der Waals surface area contributed by atoms with Crippen LogP contribution in [-0.2, 0) is 15.6 Å². The summed E-state index contributed by atoms with van der Waals surface area (Å²) in [5.74, 6) is 0.324. The van der Waals surface area contributed by atoms with Gasteiger partial charge in [0, 0.05) is 34.9 Å². The molecule has 0 aliphatic carbocycles. The molecule has 3 nitrogen and oxygen atoms in total. The first kappa shape index (κ1) is 10.9. The van der Waals surface area contributed by atoms with Gasteiger partial charge in [0.1, 0.15) is 0 Å². The third kappa shape index (κ3) is 4.18. The van der Waals surface area contributed by atoms with Crippen LogP contribution in [0.15, 0.2) is 30.3 Å². The van der Waals surface area contributed by atoms with Gasteiger partial charge in [-0.1, -0.05) is 18.2 Å². The van der Waals surface area contributed by atoms with Crippen molar-refractivity contribution < 1.29 is 9.00 Å². The molecule has 1 rings (SSSR count). The van der Waals surface area contributed by atoms with Crippen LogP contribution in [0.4, 0.5) is 5.69 Å². The minimum Gasteiger partial charge on any atom is -0.326 e. The van der Waals surface area contributed by atoms with Crippen LogP contribution in [0.1, 0.15) is 6.42 Å². The Morgan fingerprint density at radius 3 is 2.57 bits per heavy atom. The van der Waals surface area contributed by atoms with Gasteiger partial charge in [-0.2, -0.15) is 0 Å². The second kappa shape index (κ2) is 5.54. The third-order valence-electron chi connectivity index (χ3n) is 1.67. The van der Waals surface area contributed by atoms with Crippen molar-refractivity contribution in [3.05, 3.63) is 30.3 Å². The number of para-hydroxylation sites is 1. The van der Waals surface area contributed by atoms with Crippen LogP contribution >= 0.6 is 0 Å². The molecule has 0 aliphatic heterocycles. The number of rotatable bonds is 4. The Morgan fingerprint density at radius 2 is 2.00 bits per heavy atom. The molecule has 0 heterocycles. The van der Waals surface area contributed by atoms with Gasteiger partial charge in [0.2, 0.25) is 5.91 Å². The summed E-state index contributed by atoms with van der Waals surface area (Å²) in [6.07, 6.45) is 1.90. The Bertz CT molecular complexity index is 324. The van der Waals surface area contributed by atoms with Crippen molar-refractivity contribution in [2.24, 2.45) is 0 Å². The van der Waals surface area contributed by atoms with E-state index in [0.717, 1.165) is 5.69 Å². The van der Waals surface area contributed by atoms with Gasteiger partial charge in [0.15, 0.2) is 0 Å². The van der Waals surface area contributed by atoms with Crippen LogP contribution in [0.3, 0.4) is 0 Å². The molecular weight excluding hydrogens is 198 g/mol. The average Bonchev–Trinajstić information content (AvgIpc) is 2.16. The fourth-order valence-electron chi connectivity index (χ4n) is 0.981. The minimum atomic E-state index is -0.905. The van der Waals surface area contributed by atoms with E-state index in [-0.39, 0.29) is 5.91 Å². The van der Waals surface area contributed by atoms with Crippen molar-refractivity contribution in [1.29, 1.82) is 0 Å². The van der Waals surface area contributed by atoms with E-state index >= 15 is 0 Å². The first-order valence-electron chi connectivity index (χ1n) is 4.33. The zero-order valence-corrected chi connectivity index (χ0v) is 8.84. The number of hydrogen-bond donors (Lipinski definition) is 1. The third-order valence-corrected chi connectivity index (χ3v) is 2.45. The first-order valence-corrected chi connectivity index (χ1v) is 6.06. The Hall–Kier alpha value is -1.16. The van der Waals surface area contributed by atoms with Gasteiger partial charge >= 0.3 is 0 Å². The molecule has 76 valence electrons. The maximum absolute atomic E-state index is 11.3. The second-order valence-electron chi connectivity index (χ2n) is 2.94. The van der Waals surface area contributed by atoms with Crippen LogP contribution in [-0.4, -0.2) is 22.1 Å². The molecule has 0 bridgehead atoms. The number of nitrogens with one attached hydrogen (secondary N) is 1. The number of benzene rings is 1. The molecule has 4 heteroatoms. The molecule has 0 aliphatic rings. The monoisotopic (exact) mass is 211 g/mol. The summed E-state index contributed by atoms with van der Waals surface area (Å²) in [6.45, 7) is 0. The maximum atomic E-state index is 11.3. The molecule has 1 atom stereocenters. The standard InChI is InChI=1S/C10H13NO2S/c1-14(13)8-7-10(12)11-9-5-3-2-4-6-9/h2-6H,7-8H2,1H3,(H,11,12). The number of carbonyl (C=O) groups excluding carboxylic acids is 1. The normalized spacial score (nSPS) is 12.1. The summed E-state index contributed by atoms with van der Waals surface area (Å²) in [4.78, 5) is 11.3. The van der Waals surface area contributed by atoms with Crippen LogP contribution < -0.4 is 5.32 Å². The van der Waals surface area contributed by atoms with Crippen molar-refractivity contribution >= 4 is 22.4 Å². The minimum absolute atomic E-state index is 0.0913. The fourth-order valence-corrected chi connectivity index (χ4v) is 1.45. The summed E-state index contributed by atoms with van der Waals surface area (Å²) in [7, 11) is -0.905. The number of hydrogen-bond acceptors (Lipinski definition) is 2. The molecule has 0 fully saturated rings. The Labute approximate surface area is 86.0 Å². The van der Waals surface area contributed by atoms with Crippen molar-refractivity contribution in [2.75, 3.05) is 17.3 Å². The van der Waals surface area contributed by atoms with E-state index < -0.39 is 10.8 Å². The molecule has 0 saturated carbocycles. The first-order chi connectivity index (χ1) is 6.68. The number of anilines is 1. The Kier molecular flexibility index (Phi) is 4.32. The number of carbonyl (C=O) groups is 1. The van der Waals surface area contributed by atoms with Gasteiger partial charge in [0.05, 0.1) is 0 Å². The molecule has 1 unspecified atom stereocenters. The predicted octanol–water partition coefficient (Wildman–Crippen LogP) is 1.39. The molecule has 1 N–H and O–H groups in total. The summed E-state index contributed by atoms with van der Waals surface area (Å²) in [5, 5.41) is 2.72. The van der Waals surface area contributed by atoms with Gasteiger partial charge in [-0.15, -0.1) is 0 Å². The van der Waals surface area contributed by atoms with Crippen LogP contribution in [0, 0.1) is 0 Å². The van der Waals surface area contributed by atoms with Gasteiger partial charge in [0.25, 0.3) is 0 Å². The lowest BCUT2D eigenvalue weighted by Gasteiger charge is -2.03. The molecule has 0 aromatic heterocycles. The van der Waals surface area contributed by atoms with E-state index in [2.05, 4.69) is 5.32 Å². The van der Waals surface area contributed by atoms with Crippen molar-refractivity contribution in [3.8, 4) is 0 Å². The van der Waals surface area contributed by atoms with E-state index in [9.17, 15) is 9.00 Å². The smallest absolute Gasteiger partial charge is 0.225 e. The molecule has 0 radical (unpaired) electrons. The molecule has 1 aromatic carbocycles. The van der Waals surface area contributed by atoms with E-state index in [1.165, 1.54) is 0 Å². The van der Waals surface area contributed by atoms with Crippen molar-refractivity contribution in [1.82, 2.24) is 0 Å². The lowest BCUT2D eigenvalue weighted by molar-refractivity contribution is -0.115. The quantitative estimate of drug-likeness (QED) is 0.818. The summed E-state index contributed by atoms with van der Waals surface area (Å²) >= 11 is 0. The predicted molar refractivity (Wildman–Crippen MR) is 58.6 cm³/mol.